The van der Waals surface area contributed by atoms with Crippen LogP contribution in [0.1, 0.15) is 0 Å². The third kappa shape index (κ3) is 4.70. The fourth-order valence-electron chi connectivity index (χ4n) is 2.87. The molecule has 25 heavy (non-hydrogen) atoms. The van der Waals surface area contributed by atoms with E-state index in [2.05, 4.69) is 42.1 Å². The van der Waals surface area contributed by atoms with Crippen LogP contribution in [0.5, 0.6) is 5.75 Å². The molecule has 0 aliphatic carbocycles. The van der Waals surface area contributed by atoms with E-state index in [0.717, 1.165) is 42.1 Å². The Morgan fingerprint density at radius 1 is 1.20 bits per heavy atom. The molecular weight excluding hydrogens is 384 g/mol. The van der Waals surface area contributed by atoms with Crippen LogP contribution in [-0.4, -0.2) is 55.6 Å². The topological polar surface area (TPSA) is 57.7 Å². The van der Waals surface area contributed by atoms with Crippen molar-refractivity contribution >= 4 is 33.3 Å². The number of pyridine rings is 1. The number of rotatable bonds is 5. The molecule has 1 aromatic heterocycles. The van der Waals surface area contributed by atoms with Crippen molar-refractivity contribution in [3.05, 3.63) is 47.1 Å². The van der Waals surface area contributed by atoms with Crippen molar-refractivity contribution in [3.8, 4) is 5.75 Å². The highest BCUT2D eigenvalue weighted by atomic mass is 79.9. The molecule has 1 aliphatic rings. The lowest BCUT2D eigenvalue weighted by Gasteiger charge is -2.36. The standard InChI is InChI=1S/C18H21BrN4O2/c1-25-16-5-3-2-4-15(16)23-10-8-22(9-11-23)13-18(24)21-17-7-6-14(19)12-20-17/h2-7,12H,8-11,13H2,1H3,(H,20,21,24). The average molecular weight is 405 g/mol. The third-order valence-electron chi connectivity index (χ3n) is 4.16. The van der Waals surface area contributed by atoms with Crippen LogP contribution in [0.2, 0.25) is 0 Å². The number of methoxy groups -OCH3 is 1. The van der Waals surface area contributed by atoms with Gasteiger partial charge < -0.3 is 15.0 Å². The predicted octanol–water partition coefficient (Wildman–Crippen LogP) is 2.61. The molecule has 132 valence electrons. The quantitative estimate of drug-likeness (QED) is 0.829. The Bertz CT molecular complexity index is 715. The molecular formula is C18H21BrN4O2. The first-order valence-electron chi connectivity index (χ1n) is 8.17. The lowest BCUT2D eigenvalue weighted by atomic mass is 10.2. The Hall–Kier alpha value is -2.12. The summed E-state index contributed by atoms with van der Waals surface area (Å²) < 4.78 is 6.32. The Labute approximate surface area is 155 Å². The maximum atomic E-state index is 12.2. The third-order valence-corrected chi connectivity index (χ3v) is 4.63. The normalized spacial score (nSPS) is 15.0. The molecule has 1 fully saturated rings. The first kappa shape index (κ1) is 17.7. The van der Waals surface area contributed by atoms with Gasteiger partial charge in [0.1, 0.15) is 11.6 Å². The predicted molar refractivity (Wildman–Crippen MR) is 102 cm³/mol. The van der Waals surface area contributed by atoms with E-state index in [0.29, 0.717) is 12.4 Å². The number of piperazine rings is 1. The number of carbonyl (C=O) groups excluding carboxylic acids is 1. The van der Waals surface area contributed by atoms with Crippen LogP contribution >= 0.6 is 15.9 Å². The zero-order valence-electron chi connectivity index (χ0n) is 14.1. The monoisotopic (exact) mass is 404 g/mol. The fraction of sp³-hybridized carbons (Fsp3) is 0.333. The first-order chi connectivity index (χ1) is 12.2. The van der Waals surface area contributed by atoms with E-state index in [9.17, 15) is 4.79 Å². The van der Waals surface area contributed by atoms with Gasteiger partial charge in [0.15, 0.2) is 0 Å². The minimum Gasteiger partial charge on any atom is -0.495 e. The largest absolute Gasteiger partial charge is 0.495 e. The molecule has 2 aromatic rings. The smallest absolute Gasteiger partial charge is 0.239 e. The van der Waals surface area contributed by atoms with Crippen molar-refractivity contribution in [1.82, 2.24) is 9.88 Å². The van der Waals surface area contributed by atoms with Crippen LogP contribution < -0.4 is 15.0 Å². The molecule has 2 heterocycles. The molecule has 0 unspecified atom stereocenters. The van der Waals surface area contributed by atoms with Crippen molar-refractivity contribution in [3.63, 3.8) is 0 Å². The summed E-state index contributed by atoms with van der Waals surface area (Å²) in [5, 5.41) is 2.83. The van der Waals surface area contributed by atoms with Gasteiger partial charge in [0.2, 0.25) is 5.91 Å². The van der Waals surface area contributed by atoms with Gasteiger partial charge >= 0.3 is 0 Å². The number of aromatic nitrogens is 1. The molecule has 1 aromatic carbocycles. The maximum Gasteiger partial charge on any atom is 0.239 e. The highest BCUT2D eigenvalue weighted by Gasteiger charge is 2.21. The van der Waals surface area contributed by atoms with E-state index < -0.39 is 0 Å². The van der Waals surface area contributed by atoms with E-state index in [4.69, 9.17) is 4.74 Å². The molecule has 0 saturated carbocycles. The van der Waals surface area contributed by atoms with Gasteiger partial charge in [-0.1, -0.05) is 12.1 Å². The molecule has 0 atom stereocenters. The molecule has 1 saturated heterocycles. The number of nitrogens with zero attached hydrogens (tertiary/aromatic N) is 3. The molecule has 7 heteroatoms. The molecule has 0 spiro atoms. The van der Waals surface area contributed by atoms with Crippen LogP contribution in [0.3, 0.4) is 0 Å². The number of benzene rings is 1. The first-order valence-corrected chi connectivity index (χ1v) is 8.97. The van der Waals surface area contributed by atoms with Crippen molar-refractivity contribution in [2.75, 3.05) is 50.1 Å². The van der Waals surface area contributed by atoms with Gasteiger partial charge in [-0.15, -0.1) is 0 Å². The number of hydrogen-bond acceptors (Lipinski definition) is 5. The van der Waals surface area contributed by atoms with E-state index in [1.54, 1.807) is 19.4 Å². The lowest BCUT2D eigenvalue weighted by molar-refractivity contribution is -0.117. The summed E-state index contributed by atoms with van der Waals surface area (Å²) in [6, 6.07) is 11.7. The average Bonchev–Trinajstić information content (AvgIpc) is 2.64. The second-order valence-corrected chi connectivity index (χ2v) is 6.76. The van der Waals surface area contributed by atoms with Gasteiger partial charge in [-0.25, -0.2) is 4.98 Å². The molecule has 1 aliphatic heterocycles. The summed E-state index contributed by atoms with van der Waals surface area (Å²) in [6.07, 6.45) is 1.67. The number of para-hydroxylation sites is 2. The zero-order valence-corrected chi connectivity index (χ0v) is 15.7. The van der Waals surface area contributed by atoms with Crippen LogP contribution in [-0.2, 0) is 4.79 Å². The molecule has 0 bridgehead atoms. The Kier molecular flexibility index (Phi) is 5.88. The summed E-state index contributed by atoms with van der Waals surface area (Å²) in [5.74, 6) is 1.41. The SMILES string of the molecule is COc1ccccc1N1CCN(CC(=O)Nc2ccc(Br)cn2)CC1. The van der Waals surface area contributed by atoms with E-state index in [1.165, 1.54) is 0 Å². The van der Waals surface area contributed by atoms with Crippen molar-refractivity contribution in [1.29, 1.82) is 0 Å². The summed E-state index contributed by atoms with van der Waals surface area (Å²) in [4.78, 5) is 20.8. The Morgan fingerprint density at radius 2 is 1.96 bits per heavy atom. The summed E-state index contributed by atoms with van der Waals surface area (Å²) >= 11 is 3.33. The maximum absolute atomic E-state index is 12.2. The highest BCUT2D eigenvalue weighted by Crippen LogP contribution is 2.28. The summed E-state index contributed by atoms with van der Waals surface area (Å²) in [5.41, 5.74) is 1.10. The highest BCUT2D eigenvalue weighted by molar-refractivity contribution is 9.10. The fourth-order valence-corrected chi connectivity index (χ4v) is 3.11. The van der Waals surface area contributed by atoms with Crippen molar-refractivity contribution in [2.24, 2.45) is 0 Å². The van der Waals surface area contributed by atoms with Gasteiger partial charge in [-0.3, -0.25) is 9.69 Å². The van der Waals surface area contributed by atoms with Crippen LogP contribution in [0.25, 0.3) is 0 Å². The van der Waals surface area contributed by atoms with Crippen LogP contribution in [0, 0.1) is 0 Å². The van der Waals surface area contributed by atoms with Gasteiger partial charge in [-0.2, -0.15) is 0 Å². The number of carbonyl (C=O) groups is 1. The number of amides is 1. The van der Waals surface area contributed by atoms with E-state index in [-0.39, 0.29) is 5.91 Å². The van der Waals surface area contributed by atoms with Gasteiger partial charge in [0.25, 0.3) is 0 Å². The molecule has 3 rings (SSSR count). The summed E-state index contributed by atoms with van der Waals surface area (Å²) in [6.45, 7) is 3.77. The molecule has 1 amide bonds. The van der Waals surface area contributed by atoms with E-state index in [1.807, 2.05) is 24.3 Å². The van der Waals surface area contributed by atoms with Crippen LogP contribution in [0.4, 0.5) is 11.5 Å². The molecule has 6 nitrogen and oxygen atoms in total. The lowest BCUT2D eigenvalue weighted by Crippen LogP contribution is -2.48. The number of anilines is 2. The van der Waals surface area contributed by atoms with Gasteiger partial charge in [0, 0.05) is 36.8 Å². The van der Waals surface area contributed by atoms with Gasteiger partial charge in [0.05, 0.1) is 19.3 Å². The Morgan fingerprint density at radius 3 is 2.64 bits per heavy atom. The van der Waals surface area contributed by atoms with Crippen LogP contribution in [0.15, 0.2) is 47.1 Å². The second kappa shape index (κ2) is 8.31. The zero-order chi connectivity index (χ0) is 17.6. The van der Waals surface area contributed by atoms with Crippen molar-refractivity contribution < 1.29 is 9.53 Å². The minimum atomic E-state index is -0.0411. The second-order valence-electron chi connectivity index (χ2n) is 5.84. The molecule has 1 N–H and O–H groups in total. The number of ether oxygens (including phenoxy) is 1. The number of nitrogens with one attached hydrogen (secondary N) is 1. The molecule has 0 radical (unpaired) electrons. The minimum absolute atomic E-state index is 0.0411. The van der Waals surface area contributed by atoms with Gasteiger partial charge in [-0.05, 0) is 40.2 Å². The van der Waals surface area contributed by atoms with Crippen molar-refractivity contribution in [2.45, 2.75) is 0 Å². The number of halogens is 1. The Balaban J connectivity index is 1.50. The number of hydrogen-bond donors (Lipinski definition) is 1. The summed E-state index contributed by atoms with van der Waals surface area (Å²) in [7, 11) is 1.69. The van der Waals surface area contributed by atoms with E-state index >= 15 is 0 Å².